The fourth-order valence-corrected chi connectivity index (χ4v) is 0.961. The Kier molecular flexibility index (Phi) is 3.14. The summed E-state index contributed by atoms with van der Waals surface area (Å²) in [6, 6.07) is 6.75. The van der Waals surface area contributed by atoms with E-state index in [0.29, 0.717) is 10.8 Å². The van der Waals surface area contributed by atoms with Crippen LogP contribution in [0.25, 0.3) is 0 Å². The lowest BCUT2D eigenvalue weighted by Gasteiger charge is -2.10. The van der Waals surface area contributed by atoms with Crippen molar-refractivity contribution in [3.8, 4) is 5.75 Å². The number of para-hydroxylation sites is 1. The van der Waals surface area contributed by atoms with Gasteiger partial charge >= 0.3 is 5.97 Å². The van der Waals surface area contributed by atoms with Gasteiger partial charge in [0.25, 0.3) is 0 Å². The Morgan fingerprint density at radius 1 is 1.54 bits per heavy atom. The zero-order chi connectivity index (χ0) is 9.84. The van der Waals surface area contributed by atoms with Gasteiger partial charge in [0, 0.05) is 0 Å². The first-order valence-corrected chi connectivity index (χ1v) is 4.13. The molecule has 4 heteroatoms. The molecule has 0 aliphatic heterocycles. The summed E-state index contributed by atoms with van der Waals surface area (Å²) in [5.74, 6) is -0.626. The van der Waals surface area contributed by atoms with Crippen molar-refractivity contribution < 1.29 is 14.6 Å². The zero-order valence-corrected chi connectivity index (χ0v) is 7.78. The number of hydrogen-bond acceptors (Lipinski definition) is 2. The topological polar surface area (TPSA) is 46.5 Å². The molecule has 0 fully saturated rings. The van der Waals surface area contributed by atoms with Gasteiger partial charge in [-0.3, -0.25) is 0 Å². The van der Waals surface area contributed by atoms with Crippen LogP contribution in [0.2, 0.25) is 5.02 Å². The van der Waals surface area contributed by atoms with Gasteiger partial charge in [0.15, 0.2) is 6.10 Å². The first-order valence-electron chi connectivity index (χ1n) is 3.75. The molecule has 1 aromatic rings. The van der Waals surface area contributed by atoms with Gasteiger partial charge in [-0.1, -0.05) is 23.7 Å². The van der Waals surface area contributed by atoms with E-state index in [1.807, 2.05) is 0 Å². The molecule has 70 valence electrons. The quantitative estimate of drug-likeness (QED) is 0.814. The summed E-state index contributed by atoms with van der Waals surface area (Å²) in [5.41, 5.74) is 0. The minimum atomic E-state index is -1.01. The number of rotatable bonds is 3. The van der Waals surface area contributed by atoms with Gasteiger partial charge in [0.1, 0.15) is 5.75 Å². The van der Waals surface area contributed by atoms with Crippen molar-refractivity contribution in [1.82, 2.24) is 0 Å². The van der Waals surface area contributed by atoms with Crippen LogP contribution in [0.3, 0.4) is 0 Å². The Morgan fingerprint density at radius 2 is 2.15 bits per heavy atom. The van der Waals surface area contributed by atoms with E-state index in [0.717, 1.165) is 0 Å². The average Bonchev–Trinajstić information content (AvgIpc) is 2.08. The van der Waals surface area contributed by atoms with Gasteiger partial charge in [-0.05, 0) is 19.1 Å². The summed E-state index contributed by atoms with van der Waals surface area (Å²) < 4.78 is 5.08. The molecule has 0 aliphatic carbocycles. The molecule has 0 bridgehead atoms. The second kappa shape index (κ2) is 4.14. The van der Waals surface area contributed by atoms with Crippen LogP contribution in [0.5, 0.6) is 5.75 Å². The molecule has 0 heterocycles. The van der Waals surface area contributed by atoms with Crippen LogP contribution in [0, 0.1) is 0 Å². The van der Waals surface area contributed by atoms with Crippen LogP contribution in [0.15, 0.2) is 24.3 Å². The second-order valence-electron chi connectivity index (χ2n) is 2.53. The van der Waals surface area contributed by atoms with Crippen molar-refractivity contribution in [2.24, 2.45) is 0 Å². The minimum Gasteiger partial charge on any atom is -0.479 e. The van der Waals surface area contributed by atoms with Crippen LogP contribution in [-0.4, -0.2) is 17.2 Å². The predicted molar refractivity (Wildman–Crippen MR) is 49.2 cm³/mol. The number of halogens is 1. The molecular weight excluding hydrogens is 192 g/mol. The Hall–Kier alpha value is -1.22. The molecule has 0 aromatic heterocycles. The summed E-state index contributed by atoms with van der Waals surface area (Å²) in [6.45, 7) is 1.45. The van der Waals surface area contributed by atoms with E-state index in [9.17, 15) is 4.79 Å². The lowest BCUT2D eigenvalue weighted by atomic mass is 10.3. The van der Waals surface area contributed by atoms with E-state index in [-0.39, 0.29) is 0 Å². The smallest absolute Gasteiger partial charge is 0.344 e. The van der Waals surface area contributed by atoms with Crippen molar-refractivity contribution in [2.75, 3.05) is 0 Å². The highest BCUT2D eigenvalue weighted by Crippen LogP contribution is 2.24. The number of carboxylic acid groups (broad SMARTS) is 1. The van der Waals surface area contributed by atoms with Crippen LogP contribution in [0.1, 0.15) is 6.92 Å². The largest absolute Gasteiger partial charge is 0.479 e. The predicted octanol–water partition coefficient (Wildman–Crippen LogP) is 2.19. The summed E-state index contributed by atoms with van der Waals surface area (Å²) >= 11 is 5.76. The third kappa shape index (κ3) is 2.63. The molecule has 0 aliphatic rings. The monoisotopic (exact) mass is 200 g/mol. The molecule has 1 atom stereocenters. The average molecular weight is 201 g/mol. The first kappa shape index (κ1) is 9.86. The molecule has 1 rings (SSSR count). The van der Waals surface area contributed by atoms with Gasteiger partial charge in [0.05, 0.1) is 5.02 Å². The lowest BCUT2D eigenvalue weighted by Crippen LogP contribution is -2.22. The standard InChI is InChI=1S/C9H9ClO3/c1-6(9(11)12)13-8-5-3-2-4-7(8)10/h2-6H,1H3,(H,11,12)/t6-/m0/s1. The highest BCUT2D eigenvalue weighted by Gasteiger charge is 2.13. The summed E-state index contributed by atoms with van der Waals surface area (Å²) in [4.78, 5) is 10.4. The maximum atomic E-state index is 10.4. The second-order valence-corrected chi connectivity index (χ2v) is 2.94. The summed E-state index contributed by atoms with van der Waals surface area (Å²) in [5, 5.41) is 8.98. The van der Waals surface area contributed by atoms with Crippen LogP contribution in [-0.2, 0) is 4.79 Å². The molecule has 1 N–H and O–H groups in total. The highest BCUT2D eigenvalue weighted by atomic mass is 35.5. The van der Waals surface area contributed by atoms with E-state index >= 15 is 0 Å². The van der Waals surface area contributed by atoms with Crippen molar-refractivity contribution in [3.05, 3.63) is 29.3 Å². The molecule has 0 saturated heterocycles. The number of ether oxygens (including phenoxy) is 1. The van der Waals surface area contributed by atoms with E-state index in [1.54, 1.807) is 24.3 Å². The normalized spacial score (nSPS) is 12.2. The van der Waals surface area contributed by atoms with E-state index < -0.39 is 12.1 Å². The van der Waals surface area contributed by atoms with E-state index in [1.165, 1.54) is 6.92 Å². The fraction of sp³-hybridized carbons (Fsp3) is 0.222. The Labute approximate surface area is 80.9 Å². The fourth-order valence-electron chi connectivity index (χ4n) is 0.781. The molecule has 0 unspecified atom stereocenters. The molecule has 0 spiro atoms. The molecule has 3 nitrogen and oxygen atoms in total. The van der Waals surface area contributed by atoms with E-state index in [2.05, 4.69) is 0 Å². The Balaban J connectivity index is 2.74. The Morgan fingerprint density at radius 3 is 2.69 bits per heavy atom. The number of carboxylic acids is 1. The minimum absolute atomic E-state index is 0.388. The first-order chi connectivity index (χ1) is 6.11. The van der Waals surface area contributed by atoms with Crippen molar-refractivity contribution in [2.45, 2.75) is 13.0 Å². The number of aliphatic carboxylic acids is 1. The van der Waals surface area contributed by atoms with Crippen molar-refractivity contribution >= 4 is 17.6 Å². The number of carbonyl (C=O) groups is 1. The molecule has 0 amide bonds. The molecule has 0 saturated carbocycles. The van der Waals surface area contributed by atoms with Gasteiger partial charge in [-0.2, -0.15) is 0 Å². The number of hydrogen-bond donors (Lipinski definition) is 1. The Bertz CT molecular complexity index is 311. The van der Waals surface area contributed by atoms with Crippen molar-refractivity contribution in [3.63, 3.8) is 0 Å². The van der Waals surface area contributed by atoms with Crippen LogP contribution < -0.4 is 4.74 Å². The van der Waals surface area contributed by atoms with Gasteiger partial charge < -0.3 is 9.84 Å². The molecule has 0 radical (unpaired) electrons. The van der Waals surface area contributed by atoms with Gasteiger partial charge in [-0.15, -0.1) is 0 Å². The SMILES string of the molecule is C[C@H](Oc1ccccc1Cl)C(=O)O. The van der Waals surface area contributed by atoms with Gasteiger partial charge in [-0.25, -0.2) is 4.79 Å². The zero-order valence-electron chi connectivity index (χ0n) is 7.03. The summed E-state index contributed by atoms with van der Waals surface area (Å²) in [6.07, 6.45) is -0.889. The van der Waals surface area contributed by atoms with Crippen LogP contribution >= 0.6 is 11.6 Å². The van der Waals surface area contributed by atoms with E-state index in [4.69, 9.17) is 21.4 Å². The third-order valence-corrected chi connectivity index (χ3v) is 1.80. The molecule has 1 aromatic carbocycles. The summed E-state index contributed by atoms with van der Waals surface area (Å²) in [7, 11) is 0. The lowest BCUT2D eigenvalue weighted by molar-refractivity contribution is -0.144. The third-order valence-electron chi connectivity index (χ3n) is 1.49. The molecular formula is C9H9ClO3. The molecule has 13 heavy (non-hydrogen) atoms. The maximum Gasteiger partial charge on any atom is 0.344 e. The van der Waals surface area contributed by atoms with Crippen molar-refractivity contribution in [1.29, 1.82) is 0 Å². The van der Waals surface area contributed by atoms with Crippen LogP contribution in [0.4, 0.5) is 0 Å². The highest BCUT2D eigenvalue weighted by molar-refractivity contribution is 6.32. The number of benzene rings is 1. The van der Waals surface area contributed by atoms with Gasteiger partial charge in [0.2, 0.25) is 0 Å². The maximum absolute atomic E-state index is 10.4.